The maximum atomic E-state index is 8.90. The van der Waals surface area contributed by atoms with Crippen LogP contribution in [0.4, 0.5) is 0 Å². The molecule has 0 saturated carbocycles. The quantitative estimate of drug-likeness (QED) is 0.800. The third-order valence-corrected chi connectivity index (χ3v) is 2.30. The fourth-order valence-electron chi connectivity index (χ4n) is 1.53. The molecule has 0 aromatic carbocycles. The van der Waals surface area contributed by atoms with Crippen molar-refractivity contribution in [3.05, 3.63) is 35.8 Å². The lowest BCUT2D eigenvalue weighted by Gasteiger charge is -1.99. The summed E-state index contributed by atoms with van der Waals surface area (Å²) >= 11 is 0. The normalized spacial score (nSPS) is 10.6. The number of hydrogen-bond donors (Lipinski definition) is 1. The smallest absolute Gasteiger partial charge is 0.0736 e. The highest BCUT2D eigenvalue weighted by Gasteiger charge is 2.06. The van der Waals surface area contributed by atoms with Crippen LogP contribution in [-0.4, -0.2) is 19.9 Å². The van der Waals surface area contributed by atoms with Gasteiger partial charge >= 0.3 is 0 Å². The van der Waals surface area contributed by atoms with E-state index in [1.807, 2.05) is 32.3 Å². The number of rotatable bonds is 2. The van der Waals surface area contributed by atoms with Gasteiger partial charge in [-0.15, -0.1) is 0 Å². The summed E-state index contributed by atoms with van der Waals surface area (Å²) in [6.07, 6.45) is 3.62. The van der Waals surface area contributed by atoms with Crippen molar-refractivity contribution in [3.8, 4) is 11.3 Å². The van der Waals surface area contributed by atoms with Crippen molar-refractivity contribution in [2.45, 2.75) is 13.5 Å². The Morgan fingerprint density at radius 1 is 1.40 bits per heavy atom. The summed E-state index contributed by atoms with van der Waals surface area (Å²) in [5.41, 5.74) is 3.70. The first-order valence-electron chi connectivity index (χ1n) is 4.77. The highest BCUT2D eigenvalue weighted by Crippen LogP contribution is 2.19. The van der Waals surface area contributed by atoms with Gasteiger partial charge in [-0.2, -0.15) is 5.10 Å². The summed E-state index contributed by atoms with van der Waals surface area (Å²) in [5, 5.41) is 13.2. The van der Waals surface area contributed by atoms with Crippen molar-refractivity contribution < 1.29 is 5.11 Å². The summed E-state index contributed by atoms with van der Waals surface area (Å²) in [4.78, 5) is 4.28. The zero-order valence-corrected chi connectivity index (χ0v) is 8.81. The fourth-order valence-corrected chi connectivity index (χ4v) is 1.53. The number of aromatic nitrogens is 3. The first-order valence-corrected chi connectivity index (χ1v) is 4.77. The van der Waals surface area contributed by atoms with Crippen molar-refractivity contribution in [2.24, 2.45) is 7.05 Å². The Morgan fingerprint density at radius 2 is 2.20 bits per heavy atom. The first kappa shape index (κ1) is 9.86. The molecule has 2 heterocycles. The largest absolute Gasteiger partial charge is 0.392 e. The highest BCUT2D eigenvalue weighted by molar-refractivity contribution is 5.60. The summed E-state index contributed by atoms with van der Waals surface area (Å²) in [6.45, 7) is 1.98. The molecule has 2 aromatic heterocycles. The van der Waals surface area contributed by atoms with Crippen LogP contribution in [0.2, 0.25) is 0 Å². The third kappa shape index (κ3) is 1.89. The van der Waals surface area contributed by atoms with Gasteiger partial charge in [-0.1, -0.05) is 6.07 Å². The van der Waals surface area contributed by atoms with Gasteiger partial charge in [0.2, 0.25) is 0 Å². The van der Waals surface area contributed by atoms with E-state index in [9.17, 15) is 0 Å². The lowest BCUT2D eigenvalue weighted by Crippen LogP contribution is -1.88. The molecule has 0 aliphatic rings. The second-order valence-corrected chi connectivity index (χ2v) is 3.51. The number of nitrogens with zero attached hydrogens (tertiary/aromatic N) is 3. The van der Waals surface area contributed by atoms with E-state index in [2.05, 4.69) is 10.1 Å². The fraction of sp³-hybridized carbons (Fsp3) is 0.273. The SMILES string of the molecule is Cc1nn(C)cc1-c1ccc(CO)cn1. The van der Waals surface area contributed by atoms with Crippen LogP contribution < -0.4 is 0 Å². The van der Waals surface area contributed by atoms with Crippen molar-refractivity contribution in [1.82, 2.24) is 14.8 Å². The molecule has 0 aliphatic carbocycles. The second kappa shape index (κ2) is 3.82. The van der Waals surface area contributed by atoms with E-state index >= 15 is 0 Å². The van der Waals surface area contributed by atoms with E-state index in [0.29, 0.717) is 0 Å². The second-order valence-electron chi connectivity index (χ2n) is 3.51. The molecule has 4 nitrogen and oxygen atoms in total. The average molecular weight is 203 g/mol. The molecule has 0 radical (unpaired) electrons. The molecule has 2 rings (SSSR count). The van der Waals surface area contributed by atoms with Crippen LogP contribution in [-0.2, 0) is 13.7 Å². The number of hydrogen-bond acceptors (Lipinski definition) is 3. The van der Waals surface area contributed by atoms with Crippen LogP contribution in [0.3, 0.4) is 0 Å². The number of aliphatic hydroxyl groups excluding tert-OH is 1. The van der Waals surface area contributed by atoms with Gasteiger partial charge in [-0.05, 0) is 18.6 Å². The van der Waals surface area contributed by atoms with Crippen LogP contribution >= 0.6 is 0 Å². The van der Waals surface area contributed by atoms with Gasteiger partial charge in [0, 0.05) is 25.0 Å². The molecular formula is C11H13N3O. The van der Waals surface area contributed by atoms with Gasteiger partial charge in [-0.3, -0.25) is 9.67 Å². The molecule has 0 fully saturated rings. The standard InChI is InChI=1S/C11H13N3O/c1-8-10(6-14(2)13-8)11-4-3-9(7-15)5-12-11/h3-6,15H,7H2,1-2H3. The van der Waals surface area contributed by atoms with Crippen molar-refractivity contribution in [2.75, 3.05) is 0 Å². The van der Waals surface area contributed by atoms with Crippen molar-refractivity contribution in [3.63, 3.8) is 0 Å². The minimum absolute atomic E-state index is 0.0271. The Labute approximate surface area is 88.2 Å². The van der Waals surface area contributed by atoms with Gasteiger partial charge < -0.3 is 5.11 Å². The molecule has 0 bridgehead atoms. The minimum atomic E-state index is 0.0271. The molecule has 0 spiro atoms. The Hall–Kier alpha value is -1.68. The maximum absolute atomic E-state index is 8.90. The lowest BCUT2D eigenvalue weighted by atomic mass is 10.1. The highest BCUT2D eigenvalue weighted by atomic mass is 16.3. The van der Waals surface area contributed by atoms with Crippen LogP contribution in [0.15, 0.2) is 24.5 Å². The Balaban J connectivity index is 2.41. The van der Waals surface area contributed by atoms with Crippen LogP contribution in [0.5, 0.6) is 0 Å². The Kier molecular flexibility index (Phi) is 2.51. The van der Waals surface area contributed by atoms with Gasteiger partial charge in [0.1, 0.15) is 0 Å². The number of aryl methyl sites for hydroxylation is 2. The summed E-state index contributed by atoms with van der Waals surface area (Å²) in [7, 11) is 1.89. The van der Waals surface area contributed by atoms with E-state index in [0.717, 1.165) is 22.5 Å². The summed E-state index contributed by atoms with van der Waals surface area (Å²) in [5.74, 6) is 0. The van der Waals surface area contributed by atoms with Crippen LogP contribution in [0, 0.1) is 6.92 Å². The average Bonchev–Trinajstić information content (AvgIpc) is 2.58. The van der Waals surface area contributed by atoms with E-state index in [4.69, 9.17) is 5.11 Å². The van der Waals surface area contributed by atoms with Gasteiger partial charge in [0.05, 0.1) is 18.0 Å². The monoisotopic (exact) mass is 203 g/mol. The van der Waals surface area contributed by atoms with E-state index in [-0.39, 0.29) is 6.61 Å². The van der Waals surface area contributed by atoms with Crippen molar-refractivity contribution >= 4 is 0 Å². The molecule has 0 saturated heterocycles. The first-order chi connectivity index (χ1) is 7.20. The van der Waals surface area contributed by atoms with E-state index < -0.39 is 0 Å². The predicted molar refractivity (Wildman–Crippen MR) is 57.1 cm³/mol. The van der Waals surface area contributed by atoms with Crippen molar-refractivity contribution in [1.29, 1.82) is 0 Å². The van der Waals surface area contributed by atoms with E-state index in [1.165, 1.54) is 0 Å². The molecule has 0 atom stereocenters. The number of aliphatic hydroxyl groups is 1. The maximum Gasteiger partial charge on any atom is 0.0736 e. The molecule has 78 valence electrons. The molecule has 15 heavy (non-hydrogen) atoms. The number of pyridine rings is 1. The van der Waals surface area contributed by atoms with Gasteiger partial charge in [0.15, 0.2) is 0 Å². The molecule has 0 unspecified atom stereocenters. The molecule has 0 amide bonds. The van der Waals surface area contributed by atoms with Crippen LogP contribution in [0.25, 0.3) is 11.3 Å². The zero-order chi connectivity index (χ0) is 10.8. The lowest BCUT2D eigenvalue weighted by molar-refractivity contribution is 0.281. The molecule has 2 aromatic rings. The predicted octanol–water partition coefficient (Wildman–Crippen LogP) is 1.28. The molecule has 0 aliphatic heterocycles. The Bertz CT molecular complexity index is 459. The third-order valence-electron chi connectivity index (χ3n) is 2.30. The van der Waals surface area contributed by atoms with Gasteiger partial charge in [0.25, 0.3) is 0 Å². The zero-order valence-electron chi connectivity index (χ0n) is 8.81. The van der Waals surface area contributed by atoms with E-state index in [1.54, 1.807) is 10.9 Å². The Morgan fingerprint density at radius 3 is 2.67 bits per heavy atom. The van der Waals surface area contributed by atoms with Gasteiger partial charge in [-0.25, -0.2) is 0 Å². The minimum Gasteiger partial charge on any atom is -0.392 e. The summed E-state index contributed by atoms with van der Waals surface area (Å²) < 4.78 is 1.77. The summed E-state index contributed by atoms with van der Waals surface area (Å²) in [6, 6.07) is 3.77. The molecular weight excluding hydrogens is 190 g/mol. The topological polar surface area (TPSA) is 50.9 Å². The molecule has 1 N–H and O–H groups in total. The molecule has 4 heteroatoms. The van der Waals surface area contributed by atoms with Crippen LogP contribution in [0.1, 0.15) is 11.3 Å².